The summed E-state index contributed by atoms with van der Waals surface area (Å²) in [7, 11) is 0. The molecule has 4 heterocycles. The molecular formula is C23H24F3N5O3. The summed E-state index contributed by atoms with van der Waals surface area (Å²) < 4.78 is 46.7. The van der Waals surface area contributed by atoms with Gasteiger partial charge in [0, 0.05) is 37.9 Å². The molecule has 180 valence electrons. The molecule has 2 aromatic heterocycles. The van der Waals surface area contributed by atoms with Crippen LogP contribution < -0.4 is 10.1 Å². The lowest BCUT2D eigenvalue weighted by Gasteiger charge is -2.32. The molecule has 0 radical (unpaired) electrons. The van der Waals surface area contributed by atoms with Crippen molar-refractivity contribution in [3.8, 4) is 5.75 Å². The summed E-state index contributed by atoms with van der Waals surface area (Å²) in [5.74, 6) is 0.434. The van der Waals surface area contributed by atoms with Crippen LogP contribution in [-0.2, 0) is 4.74 Å². The number of aromatic amines is 1. The van der Waals surface area contributed by atoms with Gasteiger partial charge in [-0.15, -0.1) is 13.2 Å². The first-order valence-corrected chi connectivity index (χ1v) is 11.2. The number of alkyl halides is 3. The van der Waals surface area contributed by atoms with E-state index < -0.39 is 6.36 Å². The Labute approximate surface area is 193 Å². The van der Waals surface area contributed by atoms with Crippen LogP contribution in [0.4, 0.5) is 13.2 Å². The van der Waals surface area contributed by atoms with Crippen LogP contribution in [0.1, 0.15) is 46.6 Å². The summed E-state index contributed by atoms with van der Waals surface area (Å²) in [6, 6.07) is 7.02. The number of rotatable bonds is 4. The molecule has 1 aromatic carbocycles. The number of halogens is 3. The van der Waals surface area contributed by atoms with Gasteiger partial charge in [-0.2, -0.15) is 0 Å². The Morgan fingerprint density at radius 1 is 1.15 bits per heavy atom. The Balaban J connectivity index is 1.25. The second-order valence-electron chi connectivity index (χ2n) is 8.42. The number of piperidine rings is 1. The van der Waals surface area contributed by atoms with Crippen LogP contribution >= 0.6 is 0 Å². The molecule has 5 rings (SSSR count). The van der Waals surface area contributed by atoms with Gasteiger partial charge in [-0.3, -0.25) is 4.79 Å². The van der Waals surface area contributed by atoms with Gasteiger partial charge in [-0.05, 0) is 54.7 Å². The van der Waals surface area contributed by atoms with Crippen LogP contribution in [0, 0.1) is 0 Å². The maximum Gasteiger partial charge on any atom is 0.573 e. The van der Waals surface area contributed by atoms with Crippen molar-refractivity contribution in [3.63, 3.8) is 0 Å². The van der Waals surface area contributed by atoms with E-state index in [-0.39, 0.29) is 23.7 Å². The van der Waals surface area contributed by atoms with E-state index in [9.17, 15) is 18.0 Å². The Morgan fingerprint density at radius 3 is 2.59 bits per heavy atom. The third kappa shape index (κ3) is 4.85. The summed E-state index contributed by atoms with van der Waals surface area (Å²) >= 11 is 0. The van der Waals surface area contributed by atoms with Crippen LogP contribution in [-0.4, -0.2) is 64.9 Å². The maximum absolute atomic E-state index is 12.8. The third-order valence-electron chi connectivity index (χ3n) is 6.23. The molecule has 2 fully saturated rings. The Kier molecular flexibility index (Phi) is 6.13. The normalized spacial score (nSPS) is 20.0. The fraction of sp³-hybridized carbons (Fsp3) is 0.435. The first kappa shape index (κ1) is 22.6. The molecule has 2 aliphatic heterocycles. The minimum absolute atomic E-state index is 0.136. The molecule has 2 saturated heterocycles. The third-order valence-corrected chi connectivity index (χ3v) is 6.23. The van der Waals surface area contributed by atoms with Crippen molar-refractivity contribution in [2.75, 3.05) is 32.8 Å². The number of hydrogen-bond acceptors (Lipinski definition) is 6. The predicted molar refractivity (Wildman–Crippen MR) is 116 cm³/mol. The standard InChI is InChI=1S/C23H24F3N5O3/c24-23(25,26)34-16-3-1-15(2-4-16)22(32)31-10-6-14(7-11-31)17-5-8-28-21-19(17)29-20(30-21)18-13-27-9-12-33-18/h1-5,8,14,18,27H,6-7,9-13H2,(H,28,29,30). The molecule has 0 spiro atoms. The summed E-state index contributed by atoms with van der Waals surface area (Å²) in [5.41, 5.74) is 3.00. The van der Waals surface area contributed by atoms with Crippen molar-refractivity contribution in [2.24, 2.45) is 0 Å². The van der Waals surface area contributed by atoms with E-state index in [1.54, 1.807) is 11.1 Å². The second kappa shape index (κ2) is 9.22. The van der Waals surface area contributed by atoms with Crippen molar-refractivity contribution in [1.82, 2.24) is 25.2 Å². The van der Waals surface area contributed by atoms with Crippen molar-refractivity contribution >= 4 is 17.1 Å². The second-order valence-corrected chi connectivity index (χ2v) is 8.42. The zero-order valence-corrected chi connectivity index (χ0v) is 18.3. The zero-order chi connectivity index (χ0) is 23.7. The molecule has 1 amide bonds. The first-order valence-electron chi connectivity index (χ1n) is 11.2. The van der Waals surface area contributed by atoms with E-state index in [1.807, 2.05) is 6.07 Å². The van der Waals surface area contributed by atoms with E-state index in [0.29, 0.717) is 37.5 Å². The van der Waals surface area contributed by atoms with Gasteiger partial charge in [0.15, 0.2) is 5.65 Å². The number of ether oxygens (including phenoxy) is 2. The molecule has 34 heavy (non-hydrogen) atoms. The highest BCUT2D eigenvalue weighted by atomic mass is 19.4. The molecule has 2 N–H and O–H groups in total. The van der Waals surface area contributed by atoms with Gasteiger partial charge in [0.05, 0.1) is 12.1 Å². The number of hydrogen-bond donors (Lipinski definition) is 2. The smallest absolute Gasteiger partial charge is 0.406 e. The number of pyridine rings is 1. The SMILES string of the molecule is O=C(c1ccc(OC(F)(F)F)cc1)N1CCC(c2ccnc3nc(C4CNCCO4)[nH]c23)CC1. The minimum Gasteiger partial charge on any atom is -0.406 e. The zero-order valence-electron chi connectivity index (χ0n) is 18.3. The highest BCUT2D eigenvalue weighted by molar-refractivity contribution is 5.94. The molecule has 11 heteroatoms. The van der Waals surface area contributed by atoms with E-state index in [4.69, 9.17) is 4.74 Å². The Hall–Kier alpha value is -3.18. The molecule has 1 unspecified atom stereocenters. The number of aromatic nitrogens is 3. The van der Waals surface area contributed by atoms with Crippen molar-refractivity contribution < 1.29 is 27.4 Å². The molecule has 0 bridgehead atoms. The van der Waals surface area contributed by atoms with E-state index in [1.165, 1.54) is 12.1 Å². The molecule has 2 aliphatic rings. The fourth-order valence-electron chi connectivity index (χ4n) is 4.56. The summed E-state index contributed by atoms with van der Waals surface area (Å²) in [5, 5.41) is 3.30. The lowest BCUT2D eigenvalue weighted by Crippen LogP contribution is -2.38. The van der Waals surface area contributed by atoms with Crippen LogP contribution in [0.25, 0.3) is 11.2 Å². The van der Waals surface area contributed by atoms with E-state index in [0.717, 1.165) is 48.4 Å². The fourth-order valence-corrected chi connectivity index (χ4v) is 4.56. The monoisotopic (exact) mass is 475 g/mol. The van der Waals surface area contributed by atoms with Crippen LogP contribution in [0.5, 0.6) is 5.75 Å². The molecule has 0 saturated carbocycles. The molecular weight excluding hydrogens is 451 g/mol. The first-order chi connectivity index (χ1) is 16.4. The molecule has 8 nitrogen and oxygen atoms in total. The Morgan fingerprint density at radius 2 is 1.91 bits per heavy atom. The molecule has 3 aromatic rings. The van der Waals surface area contributed by atoms with Crippen LogP contribution in [0.15, 0.2) is 36.5 Å². The predicted octanol–water partition coefficient (Wildman–Crippen LogP) is 3.54. The largest absolute Gasteiger partial charge is 0.573 e. The minimum atomic E-state index is -4.76. The van der Waals surface area contributed by atoms with Crippen LogP contribution in [0.3, 0.4) is 0 Å². The van der Waals surface area contributed by atoms with Gasteiger partial charge in [-0.25, -0.2) is 9.97 Å². The number of carbonyl (C=O) groups excluding carboxylic acids is 1. The van der Waals surface area contributed by atoms with Gasteiger partial charge in [0.2, 0.25) is 0 Å². The number of likely N-dealkylation sites (tertiary alicyclic amines) is 1. The summed E-state index contributed by atoms with van der Waals surface area (Å²) in [4.78, 5) is 27.0. The summed E-state index contributed by atoms with van der Waals surface area (Å²) in [6.07, 6.45) is -1.62. The Bertz CT molecular complexity index is 1150. The average molecular weight is 475 g/mol. The highest BCUT2D eigenvalue weighted by Gasteiger charge is 2.31. The lowest BCUT2D eigenvalue weighted by molar-refractivity contribution is -0.274. The number of imidazole rings is 1. The van der Waals surface area contributed by atoms with Crippen molar-refractivity contribution in [2.45, 2.75) is 31.2 Å². The van der Waals surface area contributed by atoms with Gasteiger partial charge in [0.1, 0.15) is 17.7 Å². The average Bonchev–Trinajstić information content (AvgIpc) is 3.28. The number of morpholine rings is 1. The number of benzene rings is 1. The number of amides is 1. The van der Waals surface area contributed by atoms with Gasteiger partial charge >= 0.3 is 6.36 Å². The maximum atomic E-state index is 12.8. The summed E-state index contributed by atoms with van der Waals surface area (Å²) in [6.45, 7) is 3.24. The van der Waals surface area contributed by atoms with Crippen molar-refractivity contribution in [1.29, 1.82) is 0 Å². The van der Waals surface area contributed by atoms with Gasteiger partial charge < -0.3 is 24.7 Å². The van der Waals surface area contributed by atoms with E-state index in [2.05, 4.69) is 25.0 Å². The van der Waals surface area contributed by atoms with E-state index >= 15 is 0 Å². The number of fused-ring (bicyclic) bond motifs is 1. The molecule has 0 aliphatic carbocycles. The van der Waals surface area contributed by atoms with Crippen LogP contribution in [0.2, 0.25) is 0 Å². The molecule has 1 atom stereocenters. The highest BCUT2D eigenvalue weighted by Crippen LogP contribution is 2.33. The van der Waals surface area contributed by atoms with Gasteiger partial charge in [0.25, 0.3) is 5.91 Å². The number of nitrogens with one attached hydrogen (secondary N) is 2. The quantitative estimate of drug-likeness (QED) is 0.600. The van der Waals surface area contributed by atoms with Crippen molar-refractivity contribution in [3.05, 3.63) is 53.5 Å². The number of nitrogens with zero attached hydrogens (tertiary/aromatic N) is 3. The number of H-pyrrole nitrogens is 1. The number of carbonyl (C=O) groups is 1. The topological polar surface area (TPSA) is 92.4 Å². The van der Waals surface area contributed by atoms with Gasteiger partial charge in [-0.1, -0.05) is 0 Å². The lowest BCUT2D eigenvalue weighted by atomic mass is 9.89.